The Bertz CT molecular complexity index is 712. The van der Waals surface area contributed by atoms with E-state index in [0.29, 0.717) is 5.92 Å². The molecular weight excluding hydrogens is 322 g/mol. The molecule has 0 aliphatic carbocycles. The summed E-state index contributed by atoms with van der Waals surface area (Å²) in [6, 6.07) is 1.94. The molecule has 2 N–H and O–H groups in total. The van der Waals surface area contributed by atoms with Crippen LogP contribution >= 0.6 is 11.3 Å². The summed E-state index contributed by atoms with van der Waals surface area (Å²) in [6.45, 7) is 3.76. The van der Waals surface area contributed by atoms with Gasteiger partial charge in [0.1, 0.15) is 23.0 Å². The number of hydrogen-bond donors (Lipinski definition) is 2. The molecule has 0 bridgehead atoms. The summed E-state index contributed by atoms with van der Waals surface area (Å²) < 4.78 is 0. The van der Waals surface area contributed by atoms with Crippen LogP contribution in [0.2, 0.25) is 0 Å². The van der Waals surface area contributed by atoms with Gasteiger partial charge in [-0.05, 0) is 56.1 Å². The molecule has 2 unspecified atom stereocenters. The Balaban J connectivity index is 1.46. The summed E-state index contributed by atoms with van der Waals surface area (Å²) in [4.78, 5) is 24.7. The van der Waals surface area contributed by atoms with E-state index >= 15 is 0 Å². The molecule has 2 aromatic rings. The van der Waals surface area contributed by atoms with Gasteiger partial charge in [0, 0.05) is 13.1 Å². The number of amides is 1. The van der Waals surface area contributed by atoms with Gasteiger partial charge in [-0.25, -0.2) is 9.97 Å². The number of nitrogens with one attached hydrogen (secondary N) is 2. The molecule has 0 spiro atoms. The van der Waals surface area contributed by atoms with Crippen molar-refractivity contribution in [3.63, 3.8) is 0 Å². The van der Waals surface area contributed by atoms with Crippen molar-refractivity contribution in [2.45, 2.75) is 31.7 Å². The van der Waals surface area contributed by atoms with E-state index in [1.54, 1.807) is 17.7 Å². The average molecular weight is 345 g/mol. The number of aromatic nitrogens is 2. The molecule has 2 aliphatic rings. The first kappa shape index (κ1) is 15.8. The summed E-state index contributed by atoms with van der Waals surface area (Å²) in [5, 5.41) is 9.66. The molecule has 24 heavy (non-hydrogen) atoms. The summed E-state index contributed by atoms with van der Waals surface area (Å²) >= 11 is 1.61. The lowest BCUT2D eigenvalue weighted by Gasteiger charge is -2.27. The minimum Gasteiger partial charge on any atom is -0.354 e. The highest BCUT2D eigenvalue weighted by Gasteiger charge is 2.33. The Morgan fingerprint density at radius 3 is 3.21 bits per heavy atom. The molecule has 0 radical (unpaired) electrons. The van der Waals surface area contributed by atoms with Gasteiger partial charge in [0.25, 0.3) is 0 Å². The third kappa shape index (κ3) is 3.10. The lowest BCUT2D eigenvalue weighted by atomic mass is 9.99. The molecule has 2 fully saturated rings. The van der Waals surface area contributed by atoms with Gasteiger partial charge in [-0.3, -0.25) is 4.79 Å². The Morgan fingerprint density at radius 2 is 2.33 bits per heavy atom. The van der Waals surface area contributed by atoms with Crippen molar-refractivity contribution in [3.8, 4) is 0 Å². The molecule has 0 aromatic carbocycles. The van der Waals surface area contributed by atoms with Crippen molar-refractivity contribution in [3.05, 3.63) is 17.8 Å². The first-order chi connectivity index (χ1) is 11.8. The van der Waals surface area contributed by atoms with Gasteiger partial charge in [0.05, 0.1) is 5.39 Å². The molecule has 2 aliphatic heterocycles. The highest BCUT2D eigenvalue weighted by atomic mass is 32.1. The van der Waals surface area contributed by atoms with Crippen molar-refractivity contribution in [1.29, 1.82) is 0 Å². The van der Waals surface area contributed by atoms with Crippen molar-refractivity contribution < 1.29 is 4.79 Å². The van der Waals surface area contributed by atoms with E-state index < -0.39 is 0 Å². The van der Waals surface area contributed by atoms with Crippen LogP contribution in [0.25, 0.3) is 10.2 Å². The van der Waals surface area contributed by atoms with Crippen LogP contribution in [0, 0.1) is 5.92 Å². The van der Waals surface area contributed by atoms with E-state index in [9.17, 15) is 4.79 Å². The van der Waals surface area contributed by atoms with Gasteiger partial charge in [-0.15, -0.1) is 11.3 Å². The number of fused-ring (bicyclic) bond motifs is 1. The zero-order valence-corrected chi connectivity index (χ0v) is 14.5. The van der Waals surface area contributed by atoms with Crippen LogP contribution < -0.4 is 15.5 Å². The van der Waals surface area contributed by atoms with E-state index in [1.807, 2.05) is 5.38 Å². The summed E-state index contributed by atoms with van der Waals surface area (Å²) in [5.41, 5.74) is 0. The van der Waals surface area contributed by atoms with Crippen LogP contribution in [0.3, 0.4) is 0 Å². The second-order valence-electron chi connectivity index (χ2n) is 6.65. The lowest BCUT2D eigenvalue weighted by Crippen LogP contribution is -2.46. The smallest absolute Gasteiger partial charge is 0.242 e. The Hall–Kier alpha value is -1.73. The molecule has 2 atom stereocenters. The minimum atomic E-state index is -0.112. The van der Waals surface area contributed by atoms with Gasteiger partial charge in [0.15, 0.2) is 0 Å². The Kier molecular flexibility index (Phi) is 4.62. The maximum Gasteiger partial charge on any atom is 0.242 e. The zero-order chi connectivity index (χ0) is 16.4. The average Bonchev–Trinajstić information content (AvgIpc) is 3.29. The van der Waals surface area contributed by atoms with Crippen LogP contribution in [0.1, 0.15) is 25.7 Å². The van der Waals surface area contributed by atoms with E-state index in [-0.39, 0.29) is 11.9 Å². The zero-order valence-electron chi connectivity index (χ0n) is 13.7. The van der Waals surface area contributed by atoms with E-state index in [2.05, 4.69) is 31.6 Å². The van der Waals surface area contributed by atoms with Crippen molar-refractivity contribution in [1.82, 2.24) is 20.6 Å². The number of carbonyl (C=O) groups excluding carboxylic acids is 1. The second kappa shape index (κ2) is 7.03. The second-order valence-corrected chi connectivity index (χ2v) is 7.54. The van der Waals surface area contributed by atoms with Crippen molar-refractivity contribution >= 4 is 33.3 Å². The van der Waals surface area contributed by atoms with Crippen LogP contribution in [0.5, 0.6) is 0 Å². The quantitative estimate of drug-likeness (QED) is 0.884. The first-order valence-electron chi connectivity index (χ1n) is 8.76. The fourth-order valence-corrected chi connectivity index (χ4v) is 4.49. The van der Waals surface area contributed by atoms with Crippen molar-refractivity contribution in [2.75, 3.05) is 31.1 Å². The number of piperidine rings is 1. The number of rotatable bonds is 4. The Morgan fingerprint density at radius 1 is 1.38 bits per heavy atom. The standard InChI is InChI=1S/C17H23N5OS/c23-16(19-10-12-3-1-6-18-9-12)14-4-2-7-22(14)15-13-5-8-24-17(13)21-11-20-15/h5,8,11-12,14,18H,1-4,6-7,9-10H2,(H,19,23). The monoisotopic (exact) mass is 345 g/mol. The third-order valence-electron chi connectivity index (χ3n) is 5.03. The van der Waals surface area contributed by atoms with Gasteiger partial charge in [-0.2, -0.15) is 0 Å². The maximum atomic E-state index is 12.7. The first-order valence-corrected chi connectivity index (χ1v) is 9.64. The van der Waals surface area contributed by atoms with E-state index in [1.165, 1.54) is 12.8 Å². The molecule has 0 saturated carbocycles. The molecule has 2 aromatic heterocycles. The summed E-state index contributed by atoms with van der Waals surface area (Å²) in [6.07, 6.45) is 5.93. The molecule has 6 nitrogen and oxygen atoms in total. The predicted molar refractivity (Wildman–Crippen MR) is 96.4 cm³/mol. The topological polar surface area (TPSA) is 70.2 Å². The fraction of sp³-hybridized carbons (Fsp3) is 0.588. The summed E-state index contributed by atoms with van der Waals surface area (Å²) in [7, 11) is 0. The van der Waals surface area contributed by atoms with Crippen molar-refractivity contribution in [2.24, 2.45) is 5.92 Å². The normalized spacial score (nSPS) is 24.4. The summed E-state index contributed by atoms with van der Waals surface area (Å²) in [5.74, 6) is 1.60. The molecule has 4 rings (SSSR count). The van der Waals surface area contributed by atoms with Crippen LogP contribution in [0.15, 0.2) is 17.8 Å². The van der Waals surface area contributed by atoms with Crippen LogP contribution in [0.4, 0.5) is 5.82 Å². The van der Waals surface area contributed by atoms with Gasteiger partial charge >= 0.3 is 0 Å². The number of carbonyl (C=O) groups is 1. The highest BCUT2D eigenvalue weighted by Crippen LogP contribution is 2.31. The van der Waals surface area contributed by atoms with Crippen LogP contribution in [-0.4, -0.2) is 48.1 Å². The maximum absolute atomic E-state index is 12.7. The predicted octanol–water partition coefficient (Wildman–Crippen LogP) is 1.78. The number of anilines is 1. The van der Waals surface area contributed by atoms with Gasteiger partial charge in [0.2, 0.25) is 5.91 Å². The molecule has 128 valence electrons. The highest BCUT2D eigenvalue weighted by molar-refractivity contribution is 7.16. The lowest BCUT2D eigenvalue weighted by molar-refractivity contribution is -0.122. The third-order valence-corrected chi connectivity index (χ3v) is 5.85. The number of hydrogen-bond acceptors (Lipinski definition) is 6. The van der Waals surface area contributed by atoms with E-state index in [4.69, 9.17) is 0 Å². The number of nitrogens with zero attached hydrogens (tertiary/aromatic N) is 3. The largest absolute Gasteiger partial charge is 0.354 e. The van der Waals surface area contributed by atoms with Gasteiger partial charge in [-0.1, -0.05) is 0 Å². The molecule has 4 heterocycles. The SMILES string of the molecule is O=C(NCC1CCCNC1)C1CCCN1c1ncnc2sccc12. The fourth-order valence-electron chi connectivity index (χ4n) is 3.76. The molecule has 7 heteroatoms. The van der Waals surface area contributed by atoms with E-state index in [0.717, 1.165) is 55.1 Å². The molecule has 2 saturated heterocycles. The molecule has 1 amide bonds. The Labute approximate surface area is 145 Å². The van der Waals surface area contributed by atoms with Crippen LogP contribution in [-0.2, 0) is 4.79 Å². The number of thiophene rings is 1. The minimum absolute atomic E-state index is 0.112. The molecular formula is C17H23N5OS. The van der Waals surface area contributed by atoms with Gasteiger partial charge < -0.3 is 15.5 Å².